The summed E-state index contributed by atoms with van der Waals surface area (Å²) in [6.45, 7) is 6.95. The fourth-order valence-corrected chi connectivity index (χ4v) is 4.87. The maximum atomic E-state index is 13.2. The Kier molecular flexibility index (Phi) is 6.11. The summed E-state index contributed by atoms with van der Waals surface area (Å²) in [7, 11) is 0. The van der Waals surface area contributed by atoms with Crippen LogP contribution in [-0.2, 0) is 20.7 Å². The van der Waals surface area contributed by atoms with Crippen molar-refractivity contribution < 1.29 is 19.1 Å². The average molecular weight is 449 g/mol. The number of hydrogen-bond donors (Lipinski definition) is 0. The molecule has 0 unspecified atom stereocenters. The van der Waals surface area contributed by atoms with Crippen LogP contribution in [0.3, 0.4) is 0 Å². The predicted octanol–water partition coefficient (Wildman–Crippen LogP) is 3.51. The van der Waals surface area contributed by atoms with Gasteiger partial charge in [0.2, 0.25) is 5.91 Å². The van der Waals surface area contributed by atoms with Crippen molar-refractivity contribution in [3.05, 3.63) is 64.7 Å². The van der Waals surface area contributed by atoms with E-state index in [2.05, 4.69) is 42.2 Å². The molecule has 2 atom stereocenters. The normalized spacial score (nSPS) is 21.3. The van der Waals surface area contributed by atoms with Crippen LogP contribution in [0.1, 0.15) is 48.1 Å². The predicted molar refractivity (Wildman–Crippen MR) is 125 cm³/mol. The number of amides is 2. The van der Waals surface area contributed by atoms with Crippen molar-refractivity contribution in [2.45, 2.75) is 45.3 Å². The summed E-state index contributed by atoms with van der Waals surface area (Å²) in [6, 6.07) is 14.4. The lowest BCUT2D eigenvalue weighted by Gasteiger charge is -2.38. The molecule has 0 radical (unpaired) electrons. The SMILES string of the molecule is Cc1ccc([C@H]2c3cc(O[C@H](C)C(=O)N4CCOCC4)ccc3CCN2C(=O)C2CC2)cc1. The molecule has 2 amide bonds. The van der Waals surface area contributed by atoms with E-state index in [1.54, 1.807) is 11.8 Å². The van der Waals surface area contributed by atoms with E-state index in [4.69, 9.17) is 9.47 Å². The minimum atomic E-state index is -0.577. The Balaban J connectivity index is 1.43. The molecule has 2 heterocycles. The second kappa shape index (κ2) is 9.18. The van der Waals surface area contributed by atoms with E-state index in [0.29, 0.717) is 32.1 Å². The number of fused-ring (bicyclic) bond motifs is 1. The summed E-state index contributed by atoms with van der Waals surface area (Å²) in [5.74, 6) is 1.08. The molecular weight excluding hydrogens is 416 g/mol. The third kappa shape index (κ3) is 4.62. The Morgan fingerprint density at radius 1 is 1.03 bits per heavy atom. The standard InChI is InChI=1S/C27H32N2O4/c1-18-3-5-21(6-4-18)25-24-17-23(33-19(2)26(30)28-13-15-32-16-14-28)10-9-20(24)11-12-29(25)27(31)22-7-8-22/h3-6,9-10,17,19,22,25H,7-8,11-16H2,1-2H3/t19-,25+/m1/s1. The smallest absolute Gasteiger partial charge is 0.263 e. The van der Waals surface area contributed by atoms with Crippen molar-refractivity contribution in [3.63, 3.8) is 0 Å². The van der Waals surface area contributed by atoms with Crippen molar-refractivity contribution in [1.29, 1.82) is 0 Å². The van der Waals surface area contributed by atoms with Gasteiger partial charge in [-0.25, -0.2) is 0 Å². The van der Waals surface area contributed by atoms with Gasteiger partial charge in [-0.05, 0) is 61.9 Å². The molecule has 3 aliphatic rings. The maximum Gasteiger partial charge on any atom is 0.263 e. The molecular formula is C27H32N2O4. The molecule has 6 nitrogen and oxygen atoms in total. The summed E-state index contributed by atoms with van der Waals surface area (Å²) in [4.78, 5) is 29.9. The molecule has 0 N–H and O–H groups in total. The summed E-state index contributed by atoms with van der Waals surface area (Å²) in [6.07, 6.45) is 2.24. The van der Waals surface area contributed by atoms with Crippen molar-refractivity contribution in [3.8, 4) is 5.75 Å². The summed E-state index contributed by atoms with van der Waals surface area (Å²) >= 11 is 0. The van der Waals surface area contributed by atoms with Gasteiger partial charge in [0.25, 0.3) is 5.91 Å². The Bertz CT molecular complexity index is 1020. The molecule has 5 rings (SSSR count). The van der Waals surface area contributed by atoms with E-state index in [0.717, 1.165) is 36.9 Å². The fourth-order valence-electron chi connectivity index (χ4n) is 4.87. The summed E-state index contributed by atoms with van der Waals surface area (Å²) in [5, 5.41) is 0. The van der Waals surface area contributed by atoms with Gasteiger partial charge in [0.1, 0.15) is 5.75 Å². The summed E-state index contributed by atoms with van der Waals surface area (Å²) < 4.78 is 11.5. The van der Waals surface area contributed by atoms with Crippen LogP contribution >= 0.6 is 0 Å². The van der Waals surface area contributed by atoms with Crippen LogP contribution in [0.4, 0.5) is 0 Å². The molecule has 2 aliphatic heterocycles. The van der Waals surface area contributed by atoms with E-state index >= 15 is 0 Å². The lowest BCUT2D eigenvalue weighted by molar-refractivity contribution is -0.142. The summed E-state index contributed by atoms with van der Waals surface area (Å²) in [5.41, 5.74) is 4.65. The minimum Gasteiger partial charge on any atom is -0.481 e. The molecule has 0 spiro atoms. The van der Waals surface area contributed by atoms with E-state index in [-0.39, 0.29) is 23.8 Å². The van der Waals surface area contributed by atoms with E-state index in [1.807, 2.05) is 12.1 Å². The first kappa shape index (κ1) is 22.0. The number of ether oxygens (including phenoxy) is 2. The highest BCUT2D eigenvalue weighted by atomic mass is 16.5. The zero-order valence-electron chi connectivity index (χ0n) is 19.5. The topological polar surface area (TPSA) is 59.1 Å². The van der Waals surface area contributed by atoms with Gasteiger partial charge in [-0.3, -0.25) is 9.59 Å². The molecule has 1 saturated carbocycles. The molecule has 1 aliphatic carbocycles. The van der Waals surface area contributed by atoms with Crippen molar-refractivity contribution in [1.82, 2.24) is 9.80 Å². The molecule has 2 aromatic carbocycles. The molecule has 1 saturated heterocycles. The quantitative estimate of drug-likeness (QED) is 0.703. The molecule has 33 heavy (non-hydrogen) atoms. The van der Waals surface area contributed by atoms with Crippen LogP contribution in [-0.4, -0.2) is 60.6 Å². The Morgan fingerprint density at radius 2 is 1.76 bits per heavy atom. The van der Waals surface area contributed by atoms with Gasteiger partial charge >= 0.3 is 0 Å². The highest BCUT2D eigenvalue weighted by Gasteiger charge is 2.39. The molecule has 0 bridgehead atoms. The van der Waals surface area contributed by atoms with Gasteiger partial charge in [0, 0.05) is 25.6 Å². The van der Waals surface area contributed by atoms with Gasteiger partial charge in [-0.1, -0.05) is 35.9 Å². The lowest BCUT2D eigenvalue weighted by atomic mass is 9.87. The van der Waals surface area contributed by atoms with Crippen LogP contribution in [0.2, 0.25) is 0 Å². The van der Waals surface area contributed by atoms with Crippen LogP contribution in [0, 0.1) is 12.8 Å². The van der Waals surface area contributed by atoms with Crippen LogP contribution in [0.5, 0.6) is 5.75 Å². The third-order valence-electron chi connectivity index (χ3n) is 6.93. The number of aryl methyl sites for hydroxylation is 1. The second-order valence-electron chi connectivity index (χ2n) is 9.43. The zero-order valence-corrected chi connectivity index (χ0v) is 19.5. The minimum absolute atomic E-state index is 0.0170. The number of nitrogens with zero attached hydrogens (tertiary/aromatic N) is 2. The zero-order chi connectivity index (χ0) is 22.9. The number of carbonyl (C=O) groups is 2. The van der Waals surface area contributed by atoms with Gasteiger partial charge in [-0.2, -0.15) is 0 Å². The monoisotopic (exact) mass is 448 g/mol. The first-order valence-corrected chi connectivity index (χ1v) is 12.0. The first-order valence-electron chi connectivity index (χ1n) is 12.0. The Morgan fingerprint density at radius 3 is 2.45 bits per heavy atom. The maximum absolute atomic E-state index is 13.2. The molecule has 174 valence electrons. The van der Waals surface area contributed by atoms with Crippen molar-refractivity contribution in [2.75, 3.05) is 32.8 Å². The van der Waals surface area contributed by atoms with E-state index in [1.165, 1.54) is 11.1 Å². The van der Waals surface area contributed by atoms with E-state index < -0.39 is 6.10 Å². The molecule has 2 fully saturated rings. The first-order chi connectivity index (χ1) is 16.0. The highest BCUT2D eigenvalue weighted by Crippen LogP contribution is 2.41. The fraction of sp³-hybridized carbons (Fsp3) is 0.481. The van der Waals surface area contributed by atoms with Crippen LogP contribution in [0.25, 0.3) is 0 Å². The third-order valence-corrected chi connectivity index (χ3v) is 6.93. The van der Waals surface area contributed by atoms with Gasteiger partial charge in [0.05, 0.1) is 19.3 Å². The van der Waals surface area contributed by atoms with E-state index in [9.17, 15) is 9.59 Å². The highest BCUT2D eigenvalue weighted by molar-refractivity contribution is 5.82. The molecule has 0 aromatic heterocycles. The number of rotatable bonds is 5. The second-order valence-corrected chi connectivity index (χ2v) is 9.43. The lowest BCUT2D eigenvalue weighted by Crippen LogP contribution is -2.46. The number of carbonyl (C=O) groups excluding carboxylic acids is 2. The number of hydrogen-bond acceptors (Lipinski definition) is 4. The Hall–Kier alpha value is -2.86. The van der Waals surface area contributed by atoms with Gasteiger partial charge < -0.3 is 19.3 Å². The molecule has 2 aromatic rings. The largest absolute Gasteiger partial charge is 0.481 e. The number of benzene rings is 2. The van der Waals surface area contributed by atoms with Crippen molar-refractivity contribution in [2.24, 2.45) is 5.92 Å². The van der Waals surface area contributed by atoms with Crippen molar-refractivity contribution >= 4 is 11.8 Å². The van der Waals surface area contributed by atoms with Gasteiger partial charge in [-0.15, -0.1) is 0 Å². The average Bonchev–Trinajstić information content (AvgIpc) is 3.69. The van der Waals surface area contributed by atoms with Gasteiger partial charge in [0.15, 0.2) is 6.10 Å². The van der Waals surface area contributed by atoms with Crippen LogP contribution in [0.15, 0.2) is 42.5 Å². The Labute approximate surface area is 195 Å². The van der Waals surface area contributed by atoms with Crippen LogP contribution < -0.4 is 4.74 Å². The molecule has 6 heteroatoms. The number of morpholine rings is 1.